The summed E-state index contributed by atoms with van der Waals surface area (Å²) in [5, 5.41) is 0. The predicted octanol–water partition coefficient (Wildman–Crippen LogP) is 10.6. The number of likely N-dealkylation sites (N-methyl/N-ethyl adjacent to an activating group) is 1. The van der Waals surface area contributed by atoms with Gasteiger partial charge >= 0.3 is 0 Å². The van der Waals surface area contributed by atoms with Gasteiger partial charge in [0.2, 0.25) is 0 Å². The van der Waals surface area contributed by atoms with E-state index < -0.39 is 7.37 Å². The standard InChI is InChI=1S/C31H67NO2P/c1-8-10-12-14-16-18-20-22-24-26-28-31(30-32(3,4)5,34-35(6,7)33)29-27-25-23-21-19-17-15-13-11-9-2/h8-30H2,1-7H3/q+1. The second kappa shape index (κ2) is 21.1. The van der Waals surface area contributed by atoms with E-state index in [0.717, 1.165) is 23.9 Å². The first-order chi connectivity index (χ1) is 16.5. The SMILES string of the molecule is CCCCCCCCCCCCC(CCCCCCCCCCCC)(C[N+](C)(C)C)OP(C)(C)=O. The van der Waals surface area contributed by atoms with E-state index in [-0.39, 0.29) is 5.60 Å². The Hall–Kier alpha value is 0.150. The van der Waals surface area contributed by atoms with Crippen molar-refractivity contribution < 1.29 is 13.6 Å². The van der Waals surface area contributed by atoms with E-state index in [4.69, 9.17) is 4.52 Å². The van der Waals surface area contributed by atoms with Gasteiger partial charge in [-0.3, -0.25) is 4.57 Å². The van der Waals surface area contributed by atoms with E-state index in [1.54, 1.807) is 0 Å². The summed E-state index contributed by atoms with van der Waals surface area (Å²) in [5.41, 5.74) is -0.239. The summed E-state index contributed by atoms with van der Waals surface area (Å²) >= 11 is 0. The lowest BCUT2D eigenvalue weighted by Gasteiger charge is -2.40. The van der Waals surface area contributed by atoms with E-state index in [9.17, 15) is 4.57 Å². The highest BCUT2D eigenvalue weighted by Gasteiger charge is 2.39. The van der Waals surface area contributed by atoms with Gasteiger partial charge in [0.15, 0.2) is 7.37 Å². The Labute approximate surface area is 222 Å². The maximum atomic E-state index is 12.9. The molecular weight excluding hydrogens is 449 g/mol. The third-order valence-corrected chi connectivity index (χ3v) is 7.97. The third kappa shape index (κ3) is 24.3. The molecule has 0 rings (SSSR count). The van der Waals surface area contributed by atoms with E-state index >= 15 is 0 Å². The fourth-order valence-electron chi connectivity index (χ4n) is 5.60. The van der Waals surface area contributed by atoms with E-state index in [1.807, 2.05) is 13.3 Å². The molecule has 0 aromatic rings. The highest BCUT2D eigenvalue weighted by atomic mass is 31.2. The Bertz CT molecular complexity index is 485. The van der Waals surface area contributed by atoms with Crippen LogP contribution in [-0.2, 0) is 9.09 Å². The molecule has 35 heavy (non-hydrogen) atoms. The van der Waals surface area contributed by atoms with Crippen molar-refractivity contribution in [2.45, 2.75) is 161 Å². The summed E-state index contributed by atoms with van der Waals surface area (Å²) in [6.07, 6.45) is 29.2. The molecule has 0 saturated heterocycles. The largest absolute Gasteiger partial charge is 0.329 e. The highest BCUT2D eigenvalue weighted by molar-refractivity contribution is 7.57. The Kier molecular flexibility index (Phi) is 21.2. The quantitative estimate of drug-likeness (QED) is 0.0649. The lowest BCUT2D eigenvalue weighted by atomic mass is 9.88. The molecule has 0 atom stereocenters. The van der Waals surface area contributed by atoms with Crippen LogP contribution in [0.4, 0.5) is 0 Å². The van der Waals surface area contributed by atoms with Gasteiger partial charge in [0, 0.05) is 13.3 Å². The normalized spacial score (nSPS) is 13.0. The summed E-state index contributed by atoms with van der Waals surface area (Å²) in [4.78, 5) is 0. The van der Waals surface area contributed by atoms with E-state index in [2.05, 4.69) is 35.0 Å². The van der Waals surface area contributed by atoms with Crippen molar-refractivity contribution in [2.75, 3.05) is 41.0 Å². The Balaban J connectivity index is 4.54. The number of quaternary nitrogens is 1. The molecule has 0 aliphatic carbocycles. The van der Waals surface area contributed by atoms with Crippen LogP contribution in [0.5, 0.6) is 0 Å². The van der Waals surface area contributed by atoms with Gasteiger partial charge in [0.25, 0.3) is 0 Å². The molecule has 0 radical (unpaired) electrons. The van der Waals surface area contributed by atoms with Crippen LogP contribution >= 0.6 is 7.37 Å². The van der Waals surface area contributed by atoms with Crippen molar-refractivity contribution in [3.63, 3.8) is 0 Å². The van der Waals surface area contributed by atoms with Crippen molar-refractivity contribution in [3.8, 4) is 0 Å². The average molecular weight is 517 g/mol. The maximum absolute atomic E-state index is 12.9. The molecular formula is C31H67NO2P+. The Morgan fingerprint density at radius 3 is 1.09 bits per heavy atom. The molecule has 0 fully saturated rings. The smallest absolute Gasteiger partial charge is 0.197 e. The lowest BCUT2D eigenvalue weighted by Crippen LogP contribution is -2.50. The number of hydrogen-bond donors (Lipinski definition) is 0. The molecule has 0 N–H and O–H groups in total. The predicted molar refractivity (Wildman–Crippen MR) is 159 cm³/mol. The van der Waals surface area contributed by atoms with Gasteiger partial charge in [0.1, 0.15) is 12.1 Å². The van der Waals surface area contributed by atoms with Gasteiger partial charge in [-0.2, -0.15) is 0 Å². The van der Waals surface area contributed by atoms with Crippen molar-refractivity contribution in [2.24, 2.45) is 0 Å². The molecule has 0 aliphatic rings. The molecule has 0 amide bonds. The Morgan fingerprint density at radius 2 is 0.829 bits per heavy atom. The monoisotopic (exact) mass is 516 g/mol. The zero-order valence-electron chi connectivity index (χ0n) is 25.5. The average Bonchev–Trinajstić information content (AvgIpc) is 2.74. The fraction of sp³-hybridized carbons (Fsp3) is 1.00. The molecule has 0 aromatic heterocycles. The van der Waals surface area contributed by atoms with Crippen LogP contribution in [0.15, 0.2) is 0 Å². The summed E-state index contributed by atoms with van der Waals surface area (Å²) < 4.78 is 20.2. The number of unbranched alkanes of at least 4 members (excludes halogenated alkanes) is 18. The molecule has 0 aliphatic heterocycles. The summed E-state index contributed by atoms with van der Waals surface area (Å²) in [5.74, 6) is 0. The maximum Gasteiger partial charge on any atom is 0.197 e. The third-order valence-electron chi connectivity index (χ3n) is 7.15. The van der Waals surface area contributed by atoms with Crippen LogP contribution in [0.2, 0.25) is 0 Å². The van der Waals surface area contributed by atoms with Crippen LogP contribution in [0, 0.1) is 0 Å². The van der Waals surface area contributed by atoms with Gasteiger partial charge in [-0.15, -0.1) is 0 Å². The van der Waals surface area contributed by atoms with Gasteiger partial charge in [0.05, 0.1) is 21.1 Å². The molecule has 0 bridgehead atoms. The molecule has 0 heterocycles. The van der Waals surface area contributed by atoms with Crippen LogP contribution in [0.25, 0.3) is 0 Å². The van der Waals surface area contributed by atoms with Crippen LogP contribution in [0.3, 0.4) is 0 Å². The van der Waals surface area contributed by atoms with Crippen molar-refractivity contribution in [1.82, 2.24) is 0 Å². The fourth-order valence-corrected chi connectivity index (χ4v) is 6.78. The first kappa shape index (κ1) is 35.2. The van der Waals surface area contributed by atoms with Crippen LogP contribution < -0.4 is 0 Å². The second-order valence-corrected chi connectivity index (χ2v) is 15.5. The molecule has 4 heteroatoms. The molecule has 3 nitrogen and oxygen atoms in total. The summed E-state index contributed by atoms with van der Waals surface area (Å²) in [6, 6.07) is 0. The lowest BCUT2D eigenvalue weighted by molar-refractivity contribution is -0.876. The minimum atomic E-state index is -2.54. The second-order valence-electron chi connectivity index (χ2n) is 12.8. The van der Waals surface area contributed by atoms with Gasteiger partial charge in [-0.25, -0.2) is 0 Å². The van der Waals surface area contributed by atoms with Crippen LogP contribution in [0.1, 0.15) is 155 Å². The summed E-state index contributed by atoms with van der Waals surface area (Å²) in [6.45, 7) is 9.15. The van der Waals surface area contributed by atoms with Gasteiger partial charge in [-0.1, -0.05) is 142 Å². The Morgan fingerprint density at radius 1 is 0.543 bits per heavy atom. The van der Waals surface area contributed by atoms with E-state index in [1.165, 1.54) is 128 Å². The molecule has 212 valence electrons. The molecule has 0 unspecified atom stereocenters. The van der Waals surface area contributed by atoms with Gasteiger partial charge < -0.3 is 9.01 Å². The number of rotatable bonds is 26. The highest BCUT2D eigenvalue weighted by Crippen LogP contribution is 2.46. The first-order valence-electron chi connectivity index (χ1n) is 15.6. The molecule has 0 spiro atoms. The molecule has 0 saturated carbocycles. The topological polar surface area (TPSA) is 26.3 Å². The number of hydrogen-bond acceptors (Lipinski definition) is 2. The minimum Gasteiger partial charge on any atom is -0.329 e. The van der Waals surface area contributed by atoms with Crippen molar-refractivity contribution >= 4 is 7.37 Å². The minimum absolute atomic E-state index is 0.239. The van der Waals surface area contributed by atoms with Crippen molar-refractivity contribution in [1.29, 1.82) is 0 Å². The zero-order valence-corrected chi connectivity index (χ0v) is 26.4. The van der Waals surface area contributed by atoms with Crippen LogP contribution in [-0.4, -0.2) is 51.1 Å². The zero-order chi connectivity index (χ0) is 26.5. The number of nitrogens with zero attached hydrogens (tertiary/aromatic N) is 1. The van der Waals surface area contributed by atoms with E-state index in [0.29, 0.717) is 0 Å². The summed E-state index contributed by atoms with van der Waals surface area (Å²) in [7, 11) is 4.22. The van der Waals surface area contributed by atoms with Gasteiger partial charge in [-0.05, 0) is 12.8 Å². The first-order valence-corrected chi connectivity index (χ1v) is 18.1. The molecule has 0 aromatic carbocycles. The van der Waals surface area contributed by atoms with Crippen molar-refractivity contribution in [3.05, 3.63) is 0 Å².